The molecule has 0 saturated carbocycles. The molecule has 0 aromatic heterocycles. The minimum absolute atomic E-state index is 0.239. The third-order valence-electron chi connectivity index (χ3n) is 1.39. The van der Waals surface area contributed by atoms with Crippen LogP contribution in [0.3, 0.4) is 0 Å². The summed E-state index contributed by atoms with van der Waals surface area (Å²) in [6, 6.07) is -0.552. The molecule has 6 heteroatoms. The SMILES string of the molecule is CCOC(=O)N(C)C(=O)NNC(C)(C)C. The summed E-state index contributed by atoms with van der Waals surface area (Å²) < 4.78 is 4.66. The number of amides is 3. The Kier molecular flexibility index (Phi) is 5.07. The second-order valence-electron chi connectivity index (χ2n) is 4.06. The minimum atomic E-state index is -0.675. The van der Waals surface area contributed by atoms with Crippen molar-refractivity contribution in [3.63, 3.8) is 0 Å². The van der Waals surface area contributed by atoms with Gasteiger partial charge in [0.25, 0.3) is 0 Å². The average Bonchev–Trinajstić information content (AvgIpc) is 2.12. The molecule has 0 fully saturated rings. The van der Waals surface area contributed by atoms with Crippen LogP contribution in [0.1, 0.15) is 27.7 Å². The second kappa shape index (κ2) is 5.55. The van der Waals surface area contributed by atoms with Crippen molar-refractivity contribution in [2.24, 2.45) is 0 Å². The van der Waals surface area contributed by atoms with Crippen molar-refractivity contribution in [3.05, 3.63) is 0 Å². The zero-order chi connectivity index (χ0) is 12.1. The average molecular weight is 217 g/mol. The van der Waals surface area contributed by atoms with Gasteiger partial charge in [-0.25, -0.2) is 19.9 Å². The Morgan fingerprint density at radius 3 is 2.27 bits per heavy atom. The molecular formula is C9H19N3O3. The molecule has 0 rings (SSSR count). The van der Waals surface area contributed by atoms with Gasteiger partial charge in [-0.15, -0.1) is 0 Å². The lowest BCUT2D eigenvalue weighted by atomic mass is 10.1. The third kappa shape index (κ3) is 5.90. The van der Waals surface area contributed by atoms with E-state index < -0.39 is 12.1 Å². The lowest BCUT2D eigenvalue weighted by Gasteiger charge is -2.23. The topological polar surface area (TPSA) is 70.7 Å². The van der Waals surface area contributed by atoms with E-state index in [4.69, 9.17) is 0 Å². The van der Waals surface area contributed by atoms with Crippen molar-refractivity contribution in [2.75, 3.05) is 13.7 Å². The quantitative estimate of drug-likeness (QED) is 0.679. The summed E-state index contributed by atoms with van der Waals surface area (Å²) in [4.78, 5) is 23.3. The van der Waals surface area contributed by atoms with Gasteiger partial charge >= 0.3 is 12.1 Å². The number of nitrogens with one attached hydrogen (secondary N) is 2. The van der Waals surface area contributed by atoms with Crippen LogP contribution in [0.25, 0.3) is 0 Å². The summed E-state index contributed by atoms with van der Waals surface area (Å²) in [5, 5.41) is 0. The molecule has 0 heterocycles. The Morgan fingerprint density at radius 2 is 1.87 bits per heavy atom. The largest absolute Gasteiger partial charge is 0.449 e. The highest BCUT2D eigenvalue weighted by molar-refractivity contribution is 5.90. The van der Waals surface area contributed by atoms with Crippen molar-refractivity contribution in [3.8, 4) is 0 Å². The lowest BCUT2D eigenvalue weighted by Crippen LogP contribution is -2.53. The van der Waals surface area contributed by atoms with E-state index in [1.165, 1.54) is 7.05 Å². The van der Waals surface area contributed by atoms with Crippen LogP contribution in [0.5, 0.6) is 0 Å². The van der Waals surface area contributed by atoms with Crippen LogP contribution in [-0.4, -0.2) is 36.2 Å². The highest BCUT2D eigenvalue weighted by Gasteiger charge is 2.19. The fourth-order valence-corrected chi connectivity index (χ4v) is 0.628. The number of carbonyl (C=O) groups is 2. The molecule has 2 N–H and O–H groups in total. The summed E-state index contributed by atoms with van der Waals surface area (Å²) in [6.45, 7) is 7.58. The molecule has 0 bridgehead atoms. The Bertz CT molecular complexity index is 235. The fourth-order valence-electron chi connectivity index (χ4n) is 0.628. The Labute approximate surface area is 89.9 Å². The molecule has 0 spiro atoms. The smallest absolute Gasteiger partial charge is 0.417 e. The normalized spacial score (nSPS) is 10.7. The summed E-state index contributed by atoms with van der Waals surface area (Å²) >= 11 is 0. The van der Waals surface area contributed by atoms with E-state index in [1.807, 2.05) is 20.8 Å². The lowest BCUT2D eigenvalue weighted by molar-refractivity contribution is 0.119. The second-order valence-corrected chi connectivity index (χ2v) is 4.06. The molecule has 0 aromatic carbocycles. The van der Waals surface area contributed by atoms with E-state index >= 15 is 0 Å². The van der Waals surface area contributed by atoms with Gasteiger partial charge in [0.05, 0.1) is 6.61 Å². The molecule has 0 unspecified atom stereocenters. The molecule has 0 aliphatic carbocycles. The Hall–Kier alpha value is -1.30. The van der Waals surface area contributed by atoms with E-state index in [9.17, 15) is 9.59 Å². The van der Waals surface area contributed by atoms with E-state index in [0.717, 1.165) is 4.90 Å². The van der Waals surface area contributed by atoms with Crippen molar-refractivity contribution in [1.82, 2.24) is 15.8 Å². The number of hydrogen-bond donors (Lipinski definition) is 2. The molecule has 0 aliphatic rings. The van der Waals surface area contributed by atoms with Gasteiger partial charge in [0.15, 0.2) is 0 Å². The monoisotopic (exact) mass is 217 g/mol. The van der Waals surface area contributed by atoms with Gasteiger partial charge in [0, 0.05) is 12.6 Å². The van der Waals surface area contributed by atoms with Gasteiger partial charge in [-0.2, -0.15) is 0 Å². The van der Waals surface area contributed by atoms with Gasteiger partial charge in [0.1, 0.15) is 0 Å². The number of hydrazine groups is 1. The maximum atomic E-state index is 11.4. The maximum absolute atomic E-state index is 11.4. The number of imide groups is 1. The van der Waals surface area contributed by atoms with Crippen molar-refractivity contribution >= 4 is 12.1 Å². The van der Waals surface area contributed by atoms with Gasteiger partial charge in [-0.05, 0) is 27.7 Å². The molecule has 0 atom stereocenters. The zero-order valence-electron chi connectivity index (χ0n) is 9.88. The van der Waals surface area contributed by atoms with Gasteiger partial charge in [-0.1, -0.05) is 0 Å². The predicted molar refractivity (Wildman–Crippen MR) is 56.2 cm³/mol. The Morgan fingerprint density at radius 1 is 1.33 bits per heavy atom. The Balaban J connectivity index is 4.05. The molecular weight excluding hydrogens is 198 g/mol. The molecule has 15 heavy (non-hydrogen) atoms. The number of urea groups is 1. The number of hydrogen-bond acceptors (Lipinski definition) is 4. The van der Waals surface area contributed by atoms with E-state index in [1.54, 1.807) is 6.92 Å². The molecule has 88 valence electrons. The van der Waals surface area contributed by atoms with Gasteiger partial charge in [0.2, 0.25) is 0 Å². The van der Waals surface area contributed by atoms with E-state index in [-0.39, 0.29) is 12.1 Å². The van der Waals surface area contributed by atoms with Crippen LogP contribution >= 0.6 is 0 Å². The molecule has 0 radical (unpaired) electrons. The third-order valence-corrected chi connectivity index (χ3v) is 1.39. The summed E-state index contributed by atoms with van der Waals surface area (Å²) in [6.07, 6.45) is -0.675. The molecule has 0 saturated heterocycles. The van der Waals surface area contributed by atoms with Crippen LogP contribution in [0.15, 0.2) is 0 Å². The zero-order valence-corrected chi connectivity index (χ0v) is 9.88. The van der Waals surface area contributed by atoms with Crippen molar-refractivity contribution in [2.45, 2.75) is 33.2 Å². The number of nitrogens with zero attached hydrogens (tertiary/aromatic N) is 1. The predicted octanol–water partition coefficient (Wildman–Crippen LogP) is 1.09. The maximum Gasteiger partial charge on any atom is 0.417 e. The molecule has 6 nitrogen and oxygen atoms in total. The first-order valence-electron chi connectivity index (χ1n) is 4.75. The fraction of sp³-hybridized carbons (Fsp3) is 0.778. The first-order chi connectivity index (χ1) is 6.78. The number of rotatable bonds is 2. The van der Waals surface area contributed by atoms with Gasteiger partial charge < -0.3 is 4.74 Å². The number of ether oxygens (including phenoxy) is 1. The van der Waals surface area contributed by atoms with Crippen LogP contribution in [-0.2, 0) is 4.74 Å². The van der Waals surface area contributed by atoms with Crippen molar-refractivity contribution in [1.29, 1.82) is 0 Å². The molecule has 0 aliphatic heterocycles. The van der Waals surface area contributed by atoms with Crippen LogP contribution in [0.4, 0.5) is 9.59 Å². The molecule has 3 amide bonds. The van der Waals surface area contributed by atoms with E-state index in [0.29, 0.717) is 0 Å². The standard InChI is InChI=1S/C9H19N3O3/c1-6-15-8(14)12(5)7(13)10-11-9(2,3)4/h11H,6H2,1-5H3,(H,10,13). The van der Waals surface area contributed by atoms with Crippen LogP contribution in [0, 0.1) is 0 Å². The first-order valence-corrected chi connectivity index (χ1v) is 4.75. The van der Waals surface area contributed by atoms with Crippen molar-refractivity contribution < 1.29 is 14.3 Å². The first kappa shape index (κ1) is 13.7. The van der Waals surface area contributed by atoms with Gasteiger partial charge in [-0.3, -0.25) is 5.43 Å². The highest BCUT2D eigenvalue weighted by atomic mass is 16.6. The van der Waals surface area contributed by atoms with E-state index in [2.05, 4.69) is 15.6 Å². The summed E-state index contributed by atoms with van der Waals surface area (Å²) in [7, 11) is 1.34. The van der Waals surface area contributed by atoms with Crippen LogP contribution < -0.4 is 10.9 Å². The van der Waals surface area contributed by atoms with Crippen LogP contribution in [0.2, 0.25) is 0 Å². The summed E-state index contributed by atoms with van der Waals surface area (Å²) in [5.74, 6) is 0. The minimum Gasteiger partial charge on any atom is -0.449 e. The molecule has 0 aromatic rings. The highest BCUT2D eigenvalue weighted by Crippen LogP contribution is 1.96. The number of carbonyl (C=O) groups excluding carboxylic acids is 2. The summed E-state index contributed by atoms with van der Waals surface area (Å²) in [5.41, 5.74) is 4.89.